The van der Waals surface area contributed by atoms with Crippen LogP contribution in [0.4, 0.5) is 0 Å². The molecule has 2 aromatic heterocycles. The predicted molar refractivity (Wildman–Crippen MR) is 175 cm³/mol. The van der Waals surface area contributed by atoms with Crippen molar-refractivity contribution in [3.63, 3.8) is 0 Å². The average molecular weight is 537 g/mol. The van der Waals surface area contributed by atoms with E-state index in [2.05, 4.69) is 127 Å². The number of furan rings is 2. The molecule has 9 rings (SSSR count). The van der Waals surface area contributed by atoms with E-state index in [4.69, 9.17) is 8.83 Å². The average Bonchev–Trinajstić information content (AvgIpc) is 3.63. The van der Waals surface area contributed by atoms with E-state index in [1.807, 2.05) is 18.2 Å². The minimum Gasteiger partial charge on any atom is -0.456 e. The fraction of sp³-hybridized carbons (Fsp3) is 0. The first kappa shape index (κ1) is 23.1. The fourth-order valence-corrected chi connectivity index (χ4v) is 6.55. The summed E-state index contributed by atoms with van der Waals surface area (Å²) in [5.41, 5.74) is 8.62. The van der Waals surface area contributed by atoms with E-state index < -0.39 is 0 Å². The number of benzene rings is 7. The van der Waals surface area contributed by atoms with Crippen LogP contribution in [0.5, 0.6) is 0 Å². The van der Waals surface area contributed by atoms with E-state index >= 15 is 0 Å². The predicted octanol–water partition coefficient (Wildman–Crippen LogP) is 11.6. The summed E-state index contributed by atoms with van der Waals surface area (Å²) in [6.45, 7) is 0. The minimum atomic E-state index is 0.859. The molecule has 42 heavy (non-hydrogen) atoms. The highest BCUT2D eigenvalue weighted by Gasteiger charge is 2.20. The van der Waals surface area contributed by atoms with Crippen LogP contribution in [0.3, 0.4) is 0 Å². The van der Waals surface area contributed by atoms with Gasteiger partial charge in [-0.2, -0.15) is 0 Å². The maximum atomic E-state index is 6.67. The Hall–Kier alpha value is -5.60. The van der Waals surface area contributed by atoms with Gasteiger partial charge in [0, 0.05) is 21.7 Å². The van der Waals surface area contributed by atoms with Crippen molar-refractivity contribution in [2.45, 2.75) is 0 Å². The molecule has 0 spiro atoms. The largest absolute Gasteiger partial charge is 0.456 e. The first-order chi connectivity index (χ1) is 20.8. The van der Waals surface area contributed by atoms with Crippen LogP contribution >= 0.6 is 0 Å². The Balaban J connectivity index is 1.28. The van der Waals surface area contributed by atoms with Crippen LogP contribution in [-0.2, 0) is 0 Å². The van der Waals surface area contributed by atoms with Gasteiger partial charge in [-0.15, -0.1) is 0 Å². The topological polar surface area (TPSA) is 26.3 Å². The summed E-state index contributed by atoms with van der Waals surface area (Å²) in [6.07, 6.45) is 0. The smallest absolute Gasteiger partial charge is 0.136 e. The molecule has 0 saturated carbocycles. The molecule has 2 nitrogen and oxygen atoms in total. The standard InChI is InChI=1S/C40H24O2/c1-2-10-25(11-3-1)26-18-20-27(21-19-26)39-30-13-4-6-15-32(30)40(33-16-7-5-14-31(33)39)38-23-28-22-37-34(24-36(28)42-38)29-12-8-9-17-35(29)41-37/h1-24H. The second kappa shape index (κ2) is 8.95. The SMILES string of the molecule is c1ccc(-c2ccc(-c3c4ccccc4c(-c4cc5cc6oc7ccccc7c6cc5o4)c4ccccc34)cc2)cc1. The molecule has 0 saturated heterocycles. The Labute approximate surface area is 242 Å². The van der Waals surface area contributed by atoms with Gasteiger partial charge in [0.1, 0.15) is 22.5 Å². The number of fused-ring (bicyclic) bond motifs is 6. The zero-order chi connectivity index (χ0) is 27.6. The van der Waals surface area contributed by atoms with Gasteiger partial charge in [-0.25, -0.2) is 0 Å². The second-order valence-corrected chi connectivity index (χ2v) is 10.9. The second-order valence-electron chi connectivity index (χ2n) is 10.9. The highest BCUT2D eigenvalue weighted by molar-refractivity contribution is 6.21. The molecule has 0 unspecified atom stereocenters. The van der Waals surface area contributed by atoms with Crippen molar-refractivity contribution >= 4 is 54.5 Å². The Morgan fingerprint density at radius 3 is 1.55 bits per heavy atom. The molecule has 196 valence electrons. The van der Waals surface area contributed by atoms with Gasteiger partial charge in [0.15, 0.2) is 0 Å². The lowest BCUT2D eigenvalue weighted by molar-refractivity contribution is 0.633. The molecule has 7 aromatic carbocycles. The lowest BCUT2D eigenvalue weighted by atomic mass is 9.87. The summed E-state index contributed by atoms with van der Waals surface area (Å²) in [5, 5.41) is 7.97. The van der Waals surface area contributed by atoms with Gasteiger partial charge in [0.25, 0.3) is 0 Å². The molecular weight excluding hydrogens is 512 g/mol. The van der Waals surface area contributed by atoms with Crippen molar-refractivity contribution in [3.05, 3.63) is 146 Å². The molecule has 0 aliphatic carbocycles. The van der Waals surface area contributed by atoms with Gasteiger partial charge < -0.3 is 8.83 Å². The van der Waals surface area contributed by atoms with Gasteiger partial charge in [-0.1, -0.05) is 121 Å². The zero-order valence-corrected chi connectivity index (χ0v) is 22.7. The lowest BCUT2D eigenvalue weighted by Gasteiger charge is -2.16. The first-order valence-electron chi connectivity index (χ1n) is 14.3. The molecule has 0 atom stereocenters. The van der Waals surface area contributed by atoms with Crippen LogP contribution in [0.25, 0.3) is 88.0 Å². The van der Waals surface area contributed by atoms with E-state index in [0.717, 1.165) is 44.2 Å². The Kier molecular flexibility index (Phi) is 4.93. The molecule has 0 aliphatic rings. The third-order valence-electron chi connectivity index (χ3n) is 8.47. The fourth-order valence-electron chi connectivity index (χ4n) is 6.55. The normalized spacial score (nSPS) is 11.8. The molecule has 0 aliphatic heterocycles. The van der Waals surface area contributed by atoms with Crippen molar-refractivity contribution in [2.75, 3.05) is 0 Å². The van der Waals surface area contributed by atoms with Gasteiger partial charge in [0.05, 0.1) is 0 Å². The molecule has 0 N–H and O–H groups in total. The summed E-state index contributed by atoms with van der Waals surface area (Å²) < 4.78 is 12.8. The van der Waals surface area contributed by atoms with Crippen LogP contribution in [0.15, 0.2) is 154 Å². The maximum absolute atomic E-state index is 6.67. The lowest BCUT2D eigenvalue weighted by Crippen LogP contribution is -1.90. The summed E-state index contributed by atoms with van der Waals surface area (Å²) in [6, 6.07) is 51.4. The Morgan fingerprint density at radius 2 is 0.857 bits per heavy atom. The maximum Gasteiger partial charge on any atom is 0.136 e. The van der Waals surface area contributed by atoms with Crippen LogP contribution in [0, 0.1) is 0 Å². The van der Waals surface area contributed by atoms with Crippen LogP contribution in [-0.4, -0.2) is 0 Å². The van der Waals surface area contributed by atoms with Crippen molar-refractivity contribution in [2.24, 2.45) is 0 Å². The number of hydrogen-bond donors (Lipinski definition) is 0. The van der Waals surface area contributed by atoms with Gasteiger partial charge in [0.2, 0.25) is 0 Å². The van der Waals surface area contributed by atoms with Crippen molar-refractivity contribution < 1.29 is 8.83 Å². The molecule has 0 amide bonds. The summed E-state index contributed by atoms with van der Waals surface area (Å²) >= 11 is 0. The summed E-state index contributed by atoms with van der Waals surface area (Å²) in [4.78, 5) is 0. The third-order valence-corrected chi connectivity index (χ3v) is 8.47. The van der Waals surface area contributed by atoms with E-state index in [-0.39, 0.29) is 0 Å². The van der Waals surface area contributed by atoms with Crippen LogP contribution in [0.1, 0.15) is 0 Å². The zero-order valence-electron chi connectivity index (χ0n) is 22.7. The first-order valence-corrected chi connectivity index (χ1v) is 14.3. The van der Waals surface area contributed by atoms with E-state index in [1.165, 1.54) is 43.8 Å². The van der Waals surface area contributed by atoms with Crippen molar-refractivity contribution in [1.82, 2.24) is 0 Å². The van der Waals surface area contributed by atoms with Gasteiger partial charge in [-0.05, 0) is 68.1 Å². The quantitative estimate of drug-likeness (QED) is 0.210. The van der Waals surface area contributed by atoms with Crippen LogP contribution < -0.4 is 0 Å². The molecule has 0 radical (unpaired) electrons. The molecule has 0 fully saturated rings. The Morgan fingerprint density at radius 1 is 0.310 bits per heavy atom. The monoisotopic (exact) mass is 536 g/mol. The molecule has 2 heteroatoms. The summed E-state index contributed by atoms with van der Waals surface area (Å²) in [7, 11) is 0. The number of hydrogen-bond acceptors (Lipinski definition) is 2. The number of rotatable bonds is 3. The molecule has 9 aromatic rings. The minimum absolute atomic E-state index is 0.859. The van der Waals surface area contributed by atoms with Gasteiger partial charge >= 0.3 is 0 Å². The molecular formula is C40H24O2. The molecule has 2 heterocycles. The summed E-state index contributed by atoms with van der Waals surface area (Å²) in [5.74, 6) is 0.861. The highest BCUT2D eigenvalue weighted by atomic mass is 16.3. The Bertz CT molecular complexity index is 2380. The number of para-hydroxylation sites is 1. The van der Waals surface area contributed by atoms with Gasteiger partial charge in [-0.3, -0.25) is 0 Å². The molecule has 0 bridgehead atoms. The van der Waals surface area contributed by atoms with Crippen molar-refractivity contribution in [3.8, 4) is 33.6 Å². The van der Waals surface area contributed by atoms with E-state index in [1.54, 1.807) is 0 Å². The highest BCUT2D eigenvalue weighted by Crippen LogP contribution is 2.45. The van der Waals surface area contributed by atoms with Crippen LogP contribution in [0.2, 0.25) is 0 Å². The van der Waals surface area contributed by atoms with Crippen molar-refractivity contribution in [1.29, 1.82) is 0 Å². The third kappa shape index (κ3) is 3.45. The van der Waals surface area contributed by atoms with E-state index in [0.29, 0.717) is 0 Å². The van der Waals surface area contributed by atoms with E-state index in [9.17, 15) is 0 Å².